The number of benzene rings is 4. The zero-order chi connectivity index (χ0) is 32.2. The third kappa shape index (κ3) is 6.96. The van der Waals surface area contributed by atoms with Gasteiger partial charge in [0, 0.05) is 72.7 Å². The quantitative estimate of drug-likeness (QED) is 0.145. The minimum Gasteiger partial charge on any atom is -0.507 e. The summed E-state index contributed by atoms with van der Waals surface area (Å²) in [5.74, 6) is -0.512. The fourth-order valence-corrected chi connectivity index (χ4v) is 6.57. The number of hydrogen-bond donors (Lipinski definition) is 3. The molecule has 1 aliphatic heterocycles. The summed E-state index contributed by atoms with van der Waals surface area (Å²) in [6.07, 6.45) is 3.17. The lowest BCUT2D eigenvalue weighted by atomic mass is 10.0. The van der Waals surface area contributed by atoms with E-state index < -0.39 is 0 Å². The van der Waals surface area contributed by atoms with Gasteiger partial charge in [0.1, 0.15) is 11.5 Å². The molecule has 0 saturated carbocycles. The number of nitrogens with zero attached hydrogens (tertiary/aromatic N) is 3. The Morgan fingerprint density at radius 1 is 0.783 bits per heavy atom. The Balaban J connectivity index is 1.07. The number of carbonyl (C=O) groups is 1. The van der Waals surface area contributed by atoms with Gasteiger partial charge in [0.15, 0.2) is 0 Å². The number of amides is 1. The molecule has 5 aromatic rings. The fourth-order valence-electron chi connectivity index (χ4n) is 6.57. The summed E-state index contributed by atoms with van der Waals surface area (Å²) in [6, 6.07) is 26.5. The van der Waals surface area contributed by atoms with Crippen LogP contribution in [0.1, 0.15) is 45.6 Å². The van der Waals surface area contributed by atoms with E-state index in [1.54, 1.807) is 0 Å². The van der Waals surface area contributed by atoms with Crippen molar-refractivity contribution in [3.8, 4) is 22.6 Å². The molecule has 238 valence electrons. The summed E-state index contributed by atoms with van der Waals surface area (Å²) < 4.78 is 2.49. The van der Waals surface area contributed by atoms with E-state index in [2.05, 4.69) is 58.8 Å². The molecule has 46 heavy (non-hydrogen) atoms. The van der Waals surface area contributed by atoms with Crippen LogP contribution in [0.25, 0.3) is 22.0 Å². The largest absolute Gasteiger partial charge is 0.507 e. The highest BCUT2D eigenvalue weighted by Gasteiger charge is 2.16. The second kappa shape index (κ2) is 13.8. The zero-order valence-corrected chi connectivity index (χ0v) is 27.1. The van der Waals surface area contributed by atoms with E-state index in [4.69, 9.17) is 0 Å². The Bertz CT molecular complexity index is 1800. The Morgan fingerprint density at radius 2 is 1.43 bits per heavy atom. The maximum atomic E-state index is 13.0. The molecule has 6 rings (SSSR count). The molecule has 1 aromatic heterocycles. The van der Waals surface area contributed by atoms with Gasteiger partial charge in [-0.05, 0) is 93.2 Å². The minimum absolute atomic E-state index is 0.101. The first-order valence-electron chi connectivity index (χ1n) is 16.3. The smallest absolute Gasteiger partial charge is 0.255 e. The number of likely N-dealkylation sites (N-methyl/N-ethyl adjacent to an activating group) is 1. The third-order valence-corrected chi connectivity index (χ3v) is 9.45. The van der Waals surface area contributed by atoms with E-state index in [1.807, 2.05) is 54.6 Å². The van der Waals surface area contributed by atoms with E-state index in [1.165, 1.54) is 85.4 Å². The van der Waals surface area contributed by atoms with E-state index in [9.17, 15) is 15.0 Å². The van der Waals surface area contributed by atoms with Gasteiger partial charge in [-0.1, -0.05) is 48.5 Å². The lowest BCUT2D eigenvalue weighted by Gasteiger charge is -2.32. The number of nitrogens with one attached hydrogen (secondary N) is 1. The number of aromatic hydroxyl groups is 2. The average Bonchev–Trinajstić information content (AvgIpc) is 3.28. The molecule has 0 spiro atoms. The molecule has 7 heteroatoms. The normalized spacial score (nSPS) is 14.2. The monoisotopic (exact) mass is 616 g/mol. The van der Waals surface area contributed by atoms with Gasteiger partial charge in [0.2, 0.25) is 0 Å². The average molecular weight is 617 g/mol. The maximum absolute atomic E-state index is 13.0. The Morgan fingerprint density at radius 3 is 2.13 bits per heavy atom. The summed E-state index contributed by atoms with van der Waals surface area (Å²) in [7, 11) is 2.21. The molecule has 0 atom stereocenters. The number of anilines is 1. The fraction of sp³-hybridized carbons (Fsp3) is 0.308. The molecule has 1 aliphatic rings. The van der Waals surface area contributed by atoms with Crippen molar-refractivity contribution in [3.63, 3.8) is 0 Å². The third-order valence-electron chi connectivity index (χ3n) is 9.45. The summed E-state index contributed by atoms with van der Waals surface area (Å²) in [4.78, 5) is 18.0. The van der Waals surface area contributed by atoms with E-state index in [0.29, 0.717) is 22.4 Å². The SMILES string of the molecule is Cc1c(C)n(CCCCN2CCN(C)CC2)c2ccc(Cc3ccc(C(=O)Nc4cc(O)c(-c5ccccc5)c(O)c4)cc3)cc12. The summed E-state index contributed by atoms with van der Waals surface area (Å²) >= 11 is 0. The molecule has 0 aliphatic carbocycles. The van der Waals surface area contributed by atoms with Gasteiger partial charge in [-0.15, -0.1) is 0 Å². The molecule has 2 heterocycles. The zero-order valence-electron chi connectivity index (χ0n) is 27.1. The maximum Gasteiger partial charge on any atom is 0.255 e. The Kier molecular flexibility index (Phi) is 9.43. The molecule has 3 N–H and O–H groups in total. The van der Waals surface area contributed by atoms with Crippen molar-refractivity contribution >= 4 is 22.5 Å². The topological polar surface area (TPSA) is 81.0 Å². The first-order valence-corrected chi connectivity index (χ1v) is 16.3. The molecule has 0 bridgehead atoms. The number of rotatable bonds is 10. The van der Waals surface area contributed by atoms with Crippen LogP contribution in [0, 0.1) is 13.8 Å². The number of hydrogen-bond acceptors (Lipinski definition) is 5. The number of piperazine rings is 1. The lowest BCUT2D eigenvalue weighted by molar-refractivity contribution is 0.102. The predicted molar refractivity (Wildman–Crippen MR) is 187 cm³/mol. The second-order valence-electron chi connectivity index (χ2n) is 12.6. The van der Waals surface area contributed by atoms with Crippen LogP contribution in [0.5, 0.6) is 11.5 Å². The van der Waals surface area contributed by atoms with Gasteiger partial charge >= 0.3 is 0 Å². The summed E-state index contributed by atoms with van der Waals surface area (Å²) in [5.41, 5.74) is 8.21. The molecular formula is C39H44N4O3. The van der Waals surface area contributed by atoms with E-state index >= 15 is 0 Å². The van der Waals surface area contributed by atoms with Crippen molar-refractivity contribution in [3.05, 3.63) is 113 Å². The van der Waals surface area contributed by atoms with Crippen molar-refractivity contribution in [1.29, 1.82) is 0 Å². The van der Waals surface area contributed by atoms with Crippen LogP contribution < -0.4 is 5.32 Å². The lowest BCUT2D eigenvalue weighted by Crippen LogP contribution is -2.44. The molecule has 7 nitrogen and oxygen atoms in total. The number of carbonyl (C=O) groups excluding carboxylic acids is 1. The Labute approximate surface area is 271 Å². The van der Waals surface area contributed by atoms with Gasteiger partial charge in [-0.3, -0.25) is 4.79 Å². The number of aryl methyl sites for hydroxylation is 2. The number of fused-ring (bicyclic) bond motifs is 1. The number of aromatic nitrogens is 1. The molecule has 1 fully saturated rings. The number of phenolic OH excluding ortho intramolecular Hbond substituents is 2. The number of phenols is 2. The second-order valence-corrected chi connectivity index (χ2v) is 12.6. The van der Waals surface area contributed by atoms with Crippen LogP contribution in [-0.4, -0.2) is 70.3 Å². The molecule has 0 unspecified atom stereocenters. The van der Waals surface area contributed by atoms with Crippen LogP contribution in [0.3, 0.4) is 0 Å². The van der Waals surface area contributed by atoms with Crippen molar-refractivity contribution in [2.45, 2.75) is 39.7 Å². The Hall–Kier alpha value is -4.59. The van der Waals surface area contributed by atoms with Crippen LogP contribution in [-0.2, 0) is 13.0 Å². The van der Waals surface area contributed by atoms with Crippen molar-refractivity contribution < 1.29 is 15.0 Å². The highest BCUT2D eigenvalue weighted by molar-refractivity contribution is 6.04. The first kappa shape index (κ1) is 31.4. The molecule has 0 radical (unpaired) electrons. The molecule has 1 saturated heterocycles. The van der Waals surface area contributed by atoms with Gasteiger partial charge in [0.25, 0.3) is 5.91 Å². The van der Waals surface area contributed by atoms with Gasteiger partial charge in [-0.25, -0.2) is 0 Å². The van der Waals surface area contributed by atoms with Gasteiger partial charge in [0.05, 0.1) is 5.56 Å². The van der Waals surface area contributed by atoms with E-state index in [-0.39, 0.29) is 17.4 Å². The van der Waals surface area contributed by atoms with Crippen molar-refractivity contribution in [2.24, 2.45) is 0 Å². The van der Waals surface area contributed by atoms with Crippen molar-refractivity contribution in [2.75, 3.05) is 45.1 Å². The van der Waals surface area contributed by atoms with Crippen LogP contribution >= 0.6 is 0 Å². The van der Waals surface area contributed by atoms with Gasteiger partial charge < -0.3 is 29.9 Å². The van der Waals surface area contributed by atoms with Crippen LogP contribution in [0.15, 0.2) is 84.9 Å². The summed E-state index contributed by atoms with van der Waals surface area (Å²) in [5, 5.41) is 25.2. The van der Waals surface area contributed by atoms with Crippen LogP contribution in [0.4, 0.5) is 5.69 Å². The predicted octanol–water partition coefficient (Wildman–Crippen LogP) is 7.21. The van der Waals surface area contributed by atoms with E-state index in [0.717, 1.165) is 18.5 Å². The summed E-state index contributed by atoms with van der Waals surface area (Å²) in [6.45, 7) is 11.4. The standard InChI is InChI=1S/C39H44N4O3/c1-27-28(2)43(18-8-7-17-42-21-19-41(3)20-22-42)35-16-13-30(24-34(27)35)23-29-11-14-32(15-12-29)39(46)40-33-25-36(44)38(37(45)26-33)31-9-5-4-6-10-31/h4-6,9-16,24-26,44-45H,7-8,17-23H2,1-3H3,(H,40,46). The molecule has 1 amide bonds. The highest BCUT2D eigenvalue weighted by Crippen LogP contribution is 2.39. The minimum atomic E-state index is -0.310. The molecular weight excluding hydrogens is 572 g/mol. The molecule has 4 aromatic carbocycles. The first-order chi connectivity index (χ1) is 22.3. The van der Waals surface area contributed by atoms with Crippen molar-refractivity contribution in [1.82, 2.24) is 14.4 Å². The number of unbranched alkanes of at least 4 members (excludes halogenated alkanes) is 1. The van der Waals surface area contributed by atoms with Crippen LogP contribution in [0.2, 0.25) is 0 Å². The van der Waals surface area contributed by atoms with Gasteiger partial charge in [-0.2, -0.15) is 0 Å². The highest BCUT2D eigenvalue weighted by atomic mass is 16.3.